The minimum atomic E-state index is -1.11. The van der Waals surface area contributed by atoms with Crippen LogP contribution in [0.2, 0.25) is 0 Å². The number of carbonyl (C=O) groups excluding carboxylic acids is 1. The Labute approximate surface area is 200 Å². The highest BCUT2D eigenvalue weighted by atomic mass is 16.4. The van der Waals surface area contributed by atoms with Crippen LogP contribution in [0.25, 0.3) is 11.1 Å². The maximum atomic E-state index is 12.9. The van der Waals surface area contributed by atoms with Gasteiger partial charge in [-0.2, -0.15) is 0 Å². The lowest BCUT2D eigenvalue weighted by molar-refractivity contribution is 0.194. The fourth-order valence-corrected chi connectivity index (χ4v) is 3.84. The number of carbonyl (C=O) groups is 2. The fourth-order valence-electron chi connectivity index (χ4n) is 3.84. The summed E-state index contributed by atoms with van der Waals surface area (Å²) in [7, 11) is 0. The number of rotatable bonds is 8. The van der Waals surface area contributed by atoms with Crippen LogP contribution in [-0.2, 0) is 19.5 Å². The smallest absolute Gasteiger partial charge is 0.404 e. The van der Waals surface area contributed by atoms with Gasteiger partial charge in [-0.25, -0.2) is 9.59 Å². The minimum Gasteiger partial charge on any atom is -0.465 e. The first kappa shape index (κ1) is 24.8. The number of carboxylic acid groups (broad SMARTS) is 1. The number of amides is 3. The Balaban J connectivity index is 2.05. The van der Waals surface area contributed by atoms with Crippen molar-refractivity contribution in [3.63, 3.8) is 0 Å². The molecule has 7 nitrogen and oxygen atoms in total. The maximum absolute atomic E-state index is 12.9. The molecule has 34 heavy (non-hydrogen) atoms. The van der Waals surface area contributed by atoms with E-state index >= 15 is 0 Å². The average Bonchev–Trinajstić information content (AvgIpc) is 2.79. The van der Waals surface area contributed by atoms with Crippen LogP contribution in [0.4, 0.5) is 15.3 Å². The Bertz CT molecular complexity index is 1140. The molecule has 0 bridgehead atoms. The summed E-state index contributed by atoms with van der Waals surface area (Å²) in [6, 6.07) is 17.3. The quantitative estimate of drug-likeness (QED) is 0.349. The fraction of sp³-hybridized carbons (Fsp3) is 0.296. The third-order valence-corrected chi connectivity index (χ3v) is 5.46. The van der Waals surface area contributed by atoms with Crippen LogP contribution in [0, 0.1) is 19.8 Å². The highest BCUT2D eigenvalue weighted by Gasteiger charge is 2.22. The van der Waals surface area contributed by atoms with Gasteiger partial charge in [-0.05, 0) is 37.3 Å². The highest BCUT2D eigenvalue weighted by molar-refractivity contribution is 5.96. The molecular formula is C27H32N4O3. The number of urea groups is 1. The molecule has 0 radical (unpaired) electrons. The molecule has 0 saturated heterocycles. The van der Waals surface area contributed by atoms with Crippen molar-refractivity contribution in [2.45, 2.75) is 47.2 Å². The van der Waals surface area contributed by atoms with E-state index in [1.165, 1.54) is 0 Å². The molecule has 1 heterocycles. The van der Waals surface area contributed by atoms with E-state index in [1.54, 1.807) is 0 Å². The molecule has 2 aromatic carbocycles. The molecule has 0 aliphatic heterocycles. The van der Waals surface area contributed by atoms with Gasteiger partial charge in [-0.15, -0.1) is 0 Å². The highest BCUT2D eigenvalue weighted by Crippen LogP contribution is 2.36. The molecule has 4 N–H and O–H groups in total. The minimum absolute atomic E-state index is 0.0915. The van der Waals surface area contributed by atoms with Crippen LogP contribution in [0.15, 0.2) is 54.6 Å². The SMILES string of the molecule is Cc1ccc(-c2c(CNC(=O)O)c(CC(C)C)nc(C)c2NC(=O)NCc2ccccc2)cc1. The second-order valence-corrected chi connectivity index (χ2v) is 8.79. The first-order valence-electron chi connectivity index (χ1n) is 11.4. The molecule has 0 atom stereocenters. The first-order valence-corrected chi connectivity index (χ1v) is 11.4. The van der Waals surface area contributed by atoms with E-state index in [9.17, 15) is 14.7 Å². The third kappa shape index (κ3) is 6.57. The predicted octanol–water partition coefficient (Wildman–Crippen LogP) is 5.65. The number of benzene rings is 2. The molecule has 3 rings (SSSR count). The molecule has 0 unspecified atom stereocenters. The Hall–Kier alpha value is -3.87. The van der Waals surface area contributed by atoms with E-state index < -0.39 is 6.09 Å². The molecule has 3 aromatic rings. The molecule has 0 aliphatic rings. The van der Waals surface area contributed by atoms with E-state index in [4.69, 9.17) is 4.98 Å². The van der Waals surface area contributed by atoms with Gasteiger partial charge in [0, 0.05) is 29.9 Å². The molecule has 7 heteroatoms. The Morgan fingerprint density at radius 3 is 2.24 bits per heavy atom. The zero-order valence-electron chi connectivity index (χ0n) is 20.1. The predicted molar refractivity (Wildman–Crippen MR) is 135 cm³/mol. The van der Waals surface area contributed by atoms with Gasteiger partial charge in [0.15, 0.2) is 0 Å². The van der Waals surface area contributed by atoms with Gasteiger partial charge >= 0.3 is 12.1 Å². The number of pyridine rings is 1. The monoisotopic (exact) mass is 460 g/mol. The lowest BCUT2D eigenvalue weighted by atomic mass is 9.92. The first-order chi connectivity index (χ1) is 16.2. The van der Waals surface area contributed by atoms with Crippen LogP contribution < -0.4 is 16.0 Å². The van der Waals surface area contributed by atoms with Gasteiger partial charge < -0.3 is 21.1 Å². The van der Waals surface area contributed by atoms with Crippen molar-refractivity contribution in [1.82, 2.24) is 15.6 Å². The van der Waals surface area contributed by atoms with Crippen molar-refractivity contribution in [2.24, 2.45) is 5.92 Å². The largest absolute Gasteiger partial charge is 0.465 e. The maximum Gasteiger partial charge on any atom is 0.404 e. The van der Waals surface area contributed by atoms with Gasteiger partial charge in [0.2, 0.25) is 0 Å². The summed E-state index contributed by atoms with van der Waals surface area (Å²) in [4.78, 5) is 29.0. The normalized spacial score (nSPS) is 10.7. The second kappa shape index (κ2) is 11.3. The lowest BCUT2D eigenvalue weighted by Crippen LogP contribution is -2.29. The van der Waals surface area contributed by atoms with Crippen LogP contribution in [0.3, 0.4) is 0 Å². The second-order valence-electron chi connectivity index (χ2n) is 8.79. The number of aromatic nitrogens is 1. The molecule has 0 fully saturated rings. The van der Waals surface area contributed by atoms with Gasteiger partial charge in [0.05, 0.1) is 11.4 Å². The Morgan fingerprint density at radius 1 is 0.941 bits per heavy atom. The summed E-state index contributed by atoms with van der Waals surface area (Å²) in [6.45, 7) is 8.55. The topological polar surface area (TPSA) is 103 Å². The van der Waals surface area contributed by atoms with Crippen LogP contribution in [0.1, 0.15) is 41.9 Å². The van der Waals surface area contributed by atoms with E-state index in [-0.39, 0.29) is 12.6 Å². The number of aryl methyl sites for hydroxylation is 2. The van der Waals surface area contributed by atoms with Crippen molar-refractivity contribution in [3.05, 3.63) is 82.7 Å². The molecule has 3 amide bonds. The van der Waals surface area contributed by atoms with Gasteiger partial charge in [0.25, 0.3) is 0 Å². The van der Waals surface area contributed by atoms with Gasteiger partial charge in [-0.1, -0.05) is 74.0 Å². The zero-order chi connectivity index (χ0) is 24.7. The summed E-state index contributed by atoms with van der Waals surface area (Å²) >= 11 is 0. The summed E-state index contributed by atoms with van der Waals surface area (Å²) in [5, 5.41) is 17.6. The van der Waals surface area contributed by atoms with E-state index in [0.717, 1.165) is 33.5 Å². The average molecular weight is 461 g/mol. The van der Waals surface area contributed by atoms with E-state index in [0.29, 0.717) is 30.3 Å². The number of anilines is 1. The molecular weight excluding hydrogens is 428 g/mol. The molecule has 0 aliphatic carbocycles. The zero-order valence-corrected chi connectivity index (χ0v) is 20.1. The third-order valence-electron chi connectivity index (χ3n) is 5.46. The van der Waals surface area contributed by atoms with Crippen LogP contribution >= 0.6 is 0 Å². The number of hydrogen-bond acceptors (Lipinski definition) is 3. The van der Waals surface area contributed by atoms with Crippen LogP contribution in [-0.4, -0.2) is 22.2 Å². The van der Waals surface area contributed by atoms with Crippen molar-refractivity contribution < 1.29 is 14.7 Å². The molecule has 1 aromatic heterocycles. The summed E-state index contributed by atoms with van der Waals surface area (Å²) in [5.74, 6) is 0.328. The van der Waals surface area contributed by atoms with Crippen LogP contribution in [0.5, 0.6) is 0 Å². The van der Waals surface area contributed by atoms with E-state index in [1.807, 2.05) is 68.4 Å². The van der Waals surface area contributed by atoms with Gasteiger partial charge in [-0.3, -0.25) is 4.98 Å². The summed E-state index contributed by atoms with van der Waals surface area (Å²) in [6.07, 6.45) is -0.419. The van der Waals surface area contributed by atoms with Crippen molar-refractivity contribution in [1.29, 1.82) is 0 Å². The number of nitrogens with zero attached hydrogens (tertiary/aromatic N) is 1. The molecule has 0 spiro atoms. The summed E-state index contributed by atoms with van der Waals surface area (Å²) in [5.41, 5.74) is 6.62. The Kier molecular flexibility index (Phi) is 8.24. The Morgan fingerprint density at radius 2 is 1.62 bits per heavy atom. The molecule has 0 saturated carbocycles. The van der Waals surface area contributed by atoms with Crippen molar-refractivity contribution in [2.75, 3.05) is 5.32 Å². The lowest BCUT2D eigenvalue weighted by Gasteiger charge is -2.22. The van der Waals surface area contributed by atoms with Gasteiger partial charge in [0.1, 0.15) is 0 Å². The number of hydrogen-bond donors (Lipinski definition) is 4. The van der Waals surface area contributed by atoms with Crippen molar-refractivity contribution >= 4 is 17.8 Å². The number of nitrogens with one attached hydrogen (secondary N) is 3. The molecule has 178 valence electrons. The van der Waals surface area contributed by atoms with E-state index in [2.05, 4.69) is 29.8 Å². The summed E-state index contributed by atoms with van der Waals surface area (Å²) < 4.78 is 0. The van der Waals surface area contributed by atoms with Crippen molar-refractivity contribution in [3.8, 4) is 11.1 Å². The standard InChI is InChI=1S/C27H32N4O3/c1-17(2)14-23-22(16-29-27(33)34)24(21-12-10-18(3)11-13-21)25(19(4)30-23)31-26(32)28-15-20-8-6-5-7-9-20/h5-13,17,29H,14-16H2,1-4H3,(H,33,34)(H2,28,31,32).